The maximum Gasteiger partial charge on any atom is 0.288 e. The number of likely N-dealkylation sites (N-methyl/N-ethyl adjacent to an activating group) is 1. The Hall–Kier alpha value is -8.49. The first-order valence-electron chi connectivity index (χ1n) is 33.5. The molecule has 2 aromatic heterocycles. The first-order valence-corrected chi connectivity index (χ1v) is 35.4. The van der Waals surface area contributed by atoms with Gasteiger partial charge in [-0.3, -0.25) is 52.7 Å². The molecule has 8 atom stereocenters. The number of hydrogen-bond donors (Lipinski definition) is 11. The third-order valence-electron chi connectivity index (χ3n) is 18.0. The molecule has 11 amide bonds. The molecule has 0 saturated heterocycles. The Kier molecular flexibility index (Phi) is 28.9. The number of para-hydroxylation sites is 1. The molecule has 1 aliphatic carbocycles. The van der Waals surface area contributed by atoms with Crippen LogP contribution in [0.5, 0.6) is 0 Å². The van der Waals surface area contributed by atoms with Crippen LogP contribution in [0.25, 0.3) is 10.9 Å². The fourth-order valence-electron chi connectivity index (χ4n) is 12.0. The number of rotatable bonds is 38. The van der Waals surface area contributed by atoms with Crippen molar-refractivity contribution in [3.8, 4) is 0 Å². The average Bonchev–Trinajstić information content (AvgIpc) is 1.04. The summed E-state index contributed by atoms with van der Waals surface area (Å²) in [5.74, 6) is -7.10. The van der Waals surface area contributed by atoms with Crippen LogP contribution in [0, 0.1) is 17.8 Å². The van der Waals surface area contributed by atoms with E-state index in [4.69, 9.17) is 11.5 Å². The van der Waals surface area contributed by atoms with E-state index in [1.807, 2.05) is 73.6 Å². The number of imidazole rings is 1. The molecule has 0 radical (unpaired) electrons. The summed E-state index contributed by atoms with van der Waals surface area (Å²) in [6.45, 7) is 19.9. The van der Waals surface area contributed by atoms with Crippen LogP contribution in [-0.4, -0.2) is 155 Å². The van der Waals surface area contributed by atoms with Gasteiger partial charge in [-0.25, -0.2) is 4.98 Å². The summed E-state index contributed by atoms with van der Waals surface area (Å²) in [6, 6.07) is 6.77. The number of unbranched alkanes of at least 4 members (excludes halogenated alkanes) is 1. The smallest absolute Gasteiger partial charge is 0.288 e. The number of nitrogens with one attached hydrogen (secondary N) is 9. The topological polar surface area (TPSA) is 373 Å². The summed E-state index contributed by atoms with van der Waals surface area (Å²) >= 11 is 0. The number of halogens is 1. The number of nitrogens with two attached hydrogens (primary N) is 2. The zero-order valence-electron chi connectivity index (χ0n) is 58.3. The van der Waals surface area contributed by atoms with Crippen molar-refractivity contribution in [3.63, 3.8) is 0 Å². The van der Waals surface area contributed by atoms with E-state index in [0.29, 0.717) is 48.0 Å². The molecule has 5 rings (SSSR count). The number of H-pyrrole nitrogens is 1. The van der Waals surface area contributed by atoms with E-state index in [1.54, 1.807) is 74.5 Å². The molecule has 2 heterocycles. The summed E-state index contributed by atoms with van der Waals surface area (Å²) in [7, 11) is -0.372. The monoisotopic (exact) mass is 1350 g/mol. The molecule has 1 aliphatic rings. The minimum Gasteiger partial charge on any atom is -0.370 e. The van der Waals surface area contributed by atoms with Crippen molar-refractivity contribution in [1.29, 1.82) is 0 Å². The lowest BCUT2D eigenvalue weighted by atomic mass is 9.94. The molecule has 1 saturated carbocycles. The van der Waals surface area contributed by atoms with Crippen LogP contribution < -0.4 is 59.2 Å². The van der Waals surface area contributed by atoms with Gasteiger partial charge in [0, 0.05) is 87.8 Å². The lowest BCUT2D eigenvalue weighted by Crippen LogP contribution is -2.59. The second-order valence-corrected chi connectivity index (χ2v) is 33.2. The molecular formula is C69H105FN14O11Si. The number of aromatic nitrogens is 3. The number of aromatic amines is 1. The lowest BCUT2D eigenvalue weighted by molar-refractivity contribution is -0.140. The molecule has 27 heteroatoms. The van der Waals surface area contributed by atoms with Crippen molar-refractivity contribution in [3.05, 3.63) is 84.1 Å². The Balaban J connectivity index is 1.20. The third kappa shape index (κ3) is 23.1. The van der Waals surface area contributed by atoms with Gasteiger partial charge >= 0.3 is 0 Å². The van der Waals surface area contributed by atoms with Gasteiger partial charge in [0.25, 0.3) is 8.41 Å². The maximum absolute atomic E-state index is 16.8. The second-order valence-electron chi connectivity index (χ2n) is 28.3. The van der Waals surface area contributed by atoms with Crippen molar-refractivity contribution in [2.75, 3.05) is 20.1 Å². The zero-order valence-corrected chi connectivity index (χ0v) is 59.3. The zero-order chi connectivity index (χ0) is 71.4. The normalized spacial score (nSPS) is 15.1. The number of carbonyl (C=O) groups excluding carboxylic acids is 11. The molecule has 96 heavy (non-hydrogen) atoms. The molecule has 2 aromatic carbocycles. The highest BCUT2D eigenvalue weighted by Crippen LogP contribution is 2.51. The van der Waals surface area contributed by atoms with Crippen LogP contribution >= 0.6 is 0 Å². The molecular weight excluding hydrogens is 1250 g/mol. The molecule has 0 bridgehead atoms. The van der Waals surface area contributed by atoms with E-state index in [0.717, 1.165) is 34.2 Å². The molecule has 0 spiro atoms. The van der Waals surface area contributed by atoms with E-state index in [9.17, 15) is 52.7 Å². The summed E-state index contributed by atoms with van der Waals surface area (Å²) in [4.78, 5) is 157. The van der Waals surface area contributed by atoms with E-state index in [2.05, 4.69) is 52.5 Å². The van der Waals surface area contributed by atoms with Crippen molar-refractivity contribution in [2.24, 2.45) is 36.3 Å². The third-order valence-corrected chi connectivity index (χ3v) is 23.3. The summed E-state index contributed by atoms with van der Waals surface area (Å²) in [5, 5.41) is 22.5. The van der Waals surface area contributed by atoms with Gasteiger partial charge in [0.15, 0.2) is 0 Å². The van der Waals surface area contributed by atoms with E-state index >= 15 is 4.11 Å². The number of aryl methyl sites for hydroxylation is 1. The number of carbonyl (C=O) groups is 11. The van der Waals surface area contributed by atoms with Gasteiger partial charge in [-0.15, -0.1) is 0 Å². The summed E-state index contributed by atoms with van der Waals surface area (Å²) in [5.41, 5.74) is 13.8. The van der Waals surface area contributed by atoms with E-state index in [1.165, 1.54) is 14.0 Å². The molecule has 528 valence electrons. The molecule has 13 N–H and O–H groups in total. The largest absolute Gasteiger partial charge is 0.370 e. The van der Waals surface area contributed by atoms with Crippen molar-refractivity contribution >= 4 is 89.5 Å². The fourth-order valence-corrected chi connectivity index (χ4v) is 16.7. The Morgan fingerprint density at radius 2 is 1.30 bits per heavy atom. The van der Waals surface area contributed by atoms with Gasteiger partial charge in [-0.2, -0.15) is 0 Å². The van der Waals surface area contributed by atoms with E-state index < -0.39 is 126 Å². The molecule has 1 fully saturated rings. The second kappa shape index (κ2) is 35.5. The number of hydrogen-bond acceptors (Lipinski definition) is 12. The van der Waals surface area contributed by atoms with Crippen LogP contribution in [0.2, 0.25) is 10.1 Å². The Morgan fingerprint density at radius 3 is 1.90 bits per heavy atom. The van der Waals surface area contributed by atoms with Gasteiger partial charge in [0.05, 0.1) is 19.3 Å². The first-order chi connectivity index (χ1) is 45.0. The van der Waals surface area contributed by atoms with Crippen LogP contribution in [0.1, 0.15) is 164 Å². The Morgan fingerprint density at radius 1 is 0.698 bits per heavy atom. The standard InChI is InChI=1S/C69H105FN14O11Si/c1-14-42(4)50(29-31-58(87)78-53(62(72)90)33-44-22-23-44)80-66(94)55(36-47-38-73-40-84(47)13)79-60(89)39-83(12)67(95)61(41(2)3)82-63(91)43(5)76-65(93)54(35-46-37-75-51-20-16-15-19-49(46)51)81-64(92)52(28-30-56(71)85)77-57(86)21-17-18-32-74-59(88)34-45-24-26-48(27-25-45)96(70,68(6,7)8)69(9,10)11/h15-16,19-20,24-27,37-38,40-44,50,52-55,61,75H,14,17-18,21-23,28-36,39H2,1-13H3,(H2,71,85)(H2,72,90)(H,74,88)(H,76,93)(H,77,86)(H,78,87)(H,79,89)(H,80,94)(H,81,92)(H,82,91)/t42-,43-,50+,52-,53-,54-,55-,61-/m0/s1. The summed E-state index contributed by atoms with van der Waals surface area (Å²) < 4.78 is 18.5. The average molecular weight is 1350 g/mol. The highest BCUT2D eigenvalue weighted by atomic mass is 28.4. The molecule has 4 aromatic rings. The number of nitrogens with zero attached hydrogens (tertiary/aromatic N) is 3. The Labute approximate surface area is 564 Å². The number of primary amides is 2. The van der Waals surface area contributed by atoms with Crippen LogP contribution in [0.15, 0.2) is 67.3 Å². The van der Waals surface area contributed by atoms with Gasteiger partial charge in [0.2, 0.25) is 65.0 Å². The van der Waals surface area contributed by atoms with Gasteiger partial charge in [0.1, 0.15) is 36.3 Å². The quantitative estimate of drug-likeness (QED) is 0.0173. The maximum atomic E-state index is 16.8. The van der Waals surface area contributed by atoms with Gasteiger partial charge in [-0.1, -0.05) is 131 Å². The van der Waals surface area contributed by atoms with Gasteiger partial charge in [-0.05, 0) is 89.2 Å². The predicted octanol–water partition coefficient (Wildman–Crippen LogP) is 3.84. The fraction of sp³-hybridized carbons (Fsp3) is 0.594. The van der Waals surface area contributed by atoms with E-state index in [-0.39, 0.29) is 75.6 Å². The SMILES string of the molecule is CC[C@H](C)[C@@H](CCC(=O)N[C@@H](CC1CC1)C(N)=O)NC(=O)[C@H](Cc1cncn1C)NC(=O)CN(C)C(=O)[C@@H](NC(=O)[C@H](C)NC(=O)[C@H](Cc1c[nH]c2ccccc12)NC(=O)[C@H](CCC(N)=O)NC(=O)CCCCNC(=O)Cc1ccc([Si](F)(C(C)(C)C)C(C)(C)C)cc1)C(C)C. The minimum atomic E-state index is -3.48. The summed E-state index contributed by atoms with van der Waals surface area (Å²) in [6.07, 6.45) is 8.26. The number of fused-ring (bicyclic) bond motifs is 1. The predicted molar refractivity (Wildman–Crippen MR) is 367 cm³/mol. The number of benzene rings is 2. The van der Waals surface area contributed by atoms with Gasteiger partial charge < -0.3 is 72.6 Å². The number of amides is 11. The molecule has 0 unspecified atom stereocenters. The highest BCUT2D eigenvalue weighted by Gasteiger charge is 2.56. The molecule has 0 aliphatic heterocycles. The van der Waals surface area contributed by atoms with Crippen molar-refractivity contribution < 1.29 is 56.8 Å². The molecule has 25 nitrogen and oxygen atoms in total. The Bertz CT molecular complexity index is 3340. The highest BCUT2D eigenvalue weighted by molar-refractivity contribution is 6.90. The van der Waals surface area contributed by atoms with Crippen molar-refractivity contribution in [1.82, 2.24) is 62.0 Å². The van der Waals surface area contributed by atoms with Crippen LogP contribution in [0.3, 0.4) is 0 Å². The first kappa shape index (κ1) is 78.2. The van der Waals surface area contributed by atoms with Crippen molar-refractivity contribution in [2.45, 2.75) is 218 Å². The van der Waals surface area contributed by atoms with Crippen LogP contribution in [-0.2, 0) is 79.1 Å². The lowest BCUT2D eigenvalue weighted by Gasteiger charge is -2.44. The van der Waals surface area contributed by atoms with Crippen LogP contribution in [0.4, 0.5) is 4.11 Å². The minimum absolute atomic E-state index is 0.000285.